The van der Waals surface area contributed by atoms with Gasteiger partial charge in [0.05, 0.1) is 0 Å². The molecule has 0 amide bonds. The van der Waals surface area contributed by atoms with E-state index in [-0.39, 0.29) is 12.1 Å². The first kappa shape index (κ1) is 9.04. The van der Waals surface area contributed by atoms with Crippen molar-refractivity contribution in [2.45, 2.75) is 0 Å². The van der Waals surface area contributed by atoms with Gasteiger partial charge in [-0.15, -0.1) is 0 Å². The van der Waals surface area contributed by atoms with Crippen LogP contribution >= 0.6 is 0 Å². The molecule has 0 saturated carbocycles. The third-order valence-electron chi connectivity index (χ3n) is 0.899. The fourth-order valence-electron chi connectivity index (χ4n) is 0.437. The highest BCUT2D eigenvalue weighted by Gasteiger charge is 1.98. The van der Waals surface area contributed by atoms with Crippen molar-refractivity contribution >= 4 is 0 Å². The van der Waals surface area contributed by atoms with Crippen LogP contribution in [0.3, 0.4) is 0 Å². The molecule has 0 aliphatic rings. The molecule has 0 aromatic heterocycles. The quantitative estimate of drug-likeness (QED) is 0.602. The topological polar surface area (TPSA) is 26.0 Å². The molecule has 0 fully saturated rings. The molecule has 0 aliphatic carbocycles. The number of hydrogen-bond donors (Lipinski definition) is 1. The van der Waals surface area contributed by atoms with Gasteiger partial charge >= 0.3 is 0 Å². The third kappa shape index (κ3) is 3.14. The normalized spacial score (nSPS) is 11.3. The molecule has 0 aromatic rings. The average Bonchev–Trinajstić information content (AvgIpc) is 1.81. The summed E-state index contributed by atoms with van der Waals surface area (Å²) in [4.78, 5) is 0. The van der Waals surface area contributed by atoms with Gasteiger partial charge in [-0.05, 0) is 6.08 Å². The van der Waals surface area contributed by atoms with E-state index in [0.29, 0.717) is 0 Å². The van der Waals surface area contributed by atoms with Gasteiger partial charge in [0, 0.05) is 12.1 Å². The number of hydrogen-bond acceptors (Lipinski definition) is 1. The number of rotatable bonds is 3. The van der Waals surface area contributed by atoms with Crippen LogP contribution in [0.4, 0.5) is 8.78 Å². The lowest BCUT2D eigenvalue weighted by atomic mass is 10.2. The molecule has 3 heteroatoms. The van der Waals surface area contributed by atoms with E-state index in [4.69, 9.17) is 5.73 Å². The summed E-state index contributed by atoms with van der Waals surface area (Å²) in [5, 5.41) is 0. The fraction of sp³-hybridized carbons (Fsp3) is 0.143. The zero-order valence-electron chi connectivity index (χ0n) is 5.53. The average molecular weight is 145 g/mol. The summed E-state index contributed by atoms with van der Waals surface area (Å²) < 4.78 is 24.1. The van der Waals surface area contributed by atoms with Crippen molar-refractivity contribution in [3.63, 3.8) is 0 Å². The summed E-state index contributed by atoms with van der Waals surface area (Å²) >= 11 is 0. The summed E-state index contributed by atoms with van der Waals surface area (Å²) in [6, 6.07) is 0. The summed E-state index contributed by atoms with van der Waals surface area (Å²) in [6.07, 6.45) is 0.919. The van der Waals surface area contributed by atoms with Gasteiger partial charge in [-0.1, -0.05) is 13.2 Å². The van der Waals surface area contributed by atoms with E-state index in [1.165, 1.54) is 0 Å². The minimum atomic E-state index is -0.723. The van der Waals surface area contributed by atoms with Crippen LogP contribution in [0.1, 0.15) is 0 Å². The SMILES string of the molecule is C=C(F)/C=C(/CN)C(=C)F. The Morgan fingerprint density at radius 1 is 1.40 bits per heavy atom. The van der Waals surface area contributed by atoms with Crippen LogP contribution in [0.15, 0.2) is 36.5 Å². The molecule has 0 radical (unpaired) electrons. The van der Waals surface area contributed by atoms with Crippen LogP contribution in [0.5, 0.6) is 0 Å². The van der Waals surface area contributed by atoms with E-state index in [9.17, 15) is 8.78 Å². The minimum Gasteiger partial charge on any atom is -0.326 e. The Labute approximate surface area is 58.5 Å². The van der Waals surface area contributed by atoms with Gasteiger partial charge in [-0.25, -0.2) is 8.78 Å². The highest BCUT2D eigenvalue weighted by Crippen LogP contribution is 2.09. The van der Waals surface area contributed by atoms with E-state index >= 15 is 0 Å². The Hall–Kier alpha value is -0.960. The molecule has 0 rings (SSSR count). The van der Waals surface area contributed by atoms with E-state index < -0.39 is 11.7 Å². The summed E-state index contributed by atoms with van der Waals surface area (Å²) in [5.41, 5.74) is 5.08. The smallest absolute Gasteiger partial charge is 0.120 e. The first-order chi connectivity index (χ1) is 4.57. The summed E-state index contributed by atoms with van der Waals surface area (Å²) in [6.45, 7) is 5.80. The lowest BCUT2D eigenvalue weighted by Crippen LogP contribution is -2.02. The Morgan fingerprint density at radius 3 is 2.00 bits per heavy atom. The molecule has 0 aromatic carbocycles. The Balaban J connectivity index is 4.34. The maximum atomic E-state index is 12.2. The standard InChI is InChI=1S/C7H9F2N/c1-5(8)3-7(4-10)6(2)9/h3H,1-2,4,10H2/b7-3-. The maximum absolute atomic E-state index is 12.2. The molecule has 0 bridgehead atoms. The third-order valence-corrected chi connectivity index (χ3v) is 0.899. The van der Waals surface area contributed by atoms with Gasteiger partial charge in [0.1, 0.15) is 11.7 Å². The van der Waals surface area contributed by atoms with Gasteiger partial charge in [0.2, 0.25) is 0 Å². The monoisotopic (exact) mass is 145 g/mol. The van der Waals surface area contributed by atoms with Gasteiger partial charge in [-0.3, -0.25) is 0 Å². The van der Waals surface area contributed by atoms with Gasteiger partial charge < -0.3 is 5.73 Å². The van der Waals surface area contributed by atoms with Crippen LogP contribution in [0.2, 0.25) is 0 Å². The van der Waals surface area contributed by atoms with E-state index in [1.54, 1.807) is 0 Å². The molecule has 10 heavy (non-hydrogen) atoms. The van der Waals surface area contributed by atoms with Crippen molar-refractivity contribution in [3.8, 4) is 0 Å². The number of nitrogens with two attached hydrogens (primary N) is 1. The molecule has 0 atom stereocenters. The van der Waals surface area contributed by atoms with Crippen LogP contribution in [-0.4, -0.2) is 6.54 Å². The molecule has 0 spiro atoms. The van der Waals surface area contributed by atoms with E-state index in [2.05, 4.69) is 13.2 Å². The molecule has 1 nitrogen and oxygen atoms in total. The van der Waals surface area contributed by atoms with Crippen molar-refractivity contribution in [2.75, 3.05) is 6.54 Å². The van der Waals surface area contributed by atoms with E-state index in [1.807, 2.05) is 0 Å². The summed E-state index contributed by atoms with van der Waals surface area (Å²) in [5.74, 6) is -1.44. The van der Waals surface area contributed by atoms with Gasteiger partial charge in [0.25, 0.3) is 0 Å². The molecular formula is C7H9F2N. The molecule has 56 valence electrons. The highest BCUT2D eigenvalue weighted by molar-refractivity contribution is 5.29. The van der Waals surface area contributed by atoms with Crippen LogP contribution in [0, 0.1) is 0 Å². The molecule has 2 N–H and O–H groups in total. The predicted octanol–water partition coefficient (Wildman–Crippen LogP) is 1.84. The first-order valence-electron chi connectivity index (χ1n) is 2.67. The molecule has 0 unspecified atom stereocenters. The Kier molecular flexibility index (Phi) is 3.57. The van der Waals surface area contributed by atoms with E-state index in [0.717, 1.165) is 6.08 Å². The van der Waals surface area contributed by atoms with Crippen LogP contribution < -0.4 is 5.73 Å². The maximum Gasteiger partial charge on any atom is 0.120 e. The number of halogens is 2. The lowest BCUT2D eigenvalue weighted by molar-refractivity contribution is 0.639. The second kappa shape index (κ2) is 3.95. The second-order valence-corrected chi connectivity index (χ2v) is 1.73. The molecule has 0 saturated heterocycles. The molecule has 0 heterocycles. The Morgan fingerprint density at radius 2 is 1.90 bits per heavy atom. The largest absolute Gasteiger partial charge is 0.326 e. The predicted molar refractivity (Wildman–Crippen MR) is 37.6 cm³/mol. The zero-order valence-corrected chi connectivity index (χ0v) is 5.53. The first-order valence-corrected chi connectivity index (χ1v) is 2.67. The highest BCUT2D eigenvalue weighted by atomic mass is 19.1. The van der Waals surface area contributed by atoms with Crippen molar-refractivity contribution in [3.05, 3.63) is 36.5 Å². The number of allylic oxidation sites excluding steroid dienone is 2. The van der Waals surface area contributed by atoms with Gasteiger partial charge in [-0.2, -0.15) is 0 Å². The fourth-order valence-corrected chi connectivity index (χ4v) is 0.437. The zero-order chi connectivity index (χ0) is 8.15. The molecule has 0 aliphatic heterocycles. The second-order valence-electron chi connectivity index (χ2n) is 1.73. The van der Waals surface area contributed by atoms with Crippen LogP contribution in [0.25, 0.3) is 0 Å². The van der Waals surface area contributed by atoms with Gasteiger partial charge in [0.15, 0.2) is 0 Å². The molecular weight excluding hydrogens is 136 g/mol. The lowest BCUT2D eigenvalue weighted by Gasteiger charge is -1.96. The minimum absolute atomic E-state index is 0.0347. The Bertz CT molecular complexity index is 182. The van der Waals surface area contributed by atoms with Crippen molar-refractivity contribution < 1.29 is 8.78 Å². The van der Waals surface area contributed by atoms with Crippen molar-refractivity contribution in [1.29, 1.82) is 0 Å². The van der Waals surface area contributed by atoms with Crippen LogP contribution in [-0.2, 0) is 0 Å². The summed E-state index contributed by atoms with van der Waals surface area (Å²) in [7, 11) is 0. The van der Waals surface area contributed by atoms with Crippen molar-refractivity contribution in [2.24, 2.45) is 5.73 Å². The van der Waals surface area contributed by atoms with Crippen molar-refractivity contribution in [1.82, 2.24) is 0 Å².